The van der Waals surface area contributed by atoms with Crippen molar-refractivity contribution in [3.8, 4) is 0 Å². The number of likely N-dealkylation sites (tertiary alicyclic amines) is 1. The van der Waals surface area contributed by atoms with E-state index in [-0.39, 0.29) is 17.7 Å². The molecule has 1 aromatic heterocycles. The van der Waals surface area contributed by atoms with E-state index in [2.05, 4.69) is 10.3 Å². The van der Waals surface area contributed by atoms with E-state index < -0.39 is 0 Å². The lowest BCUT2D eigenvalue weighted by atomic mass is 9.95. The van der Waals surface area contributed by atoms with Crippen molar-refractivity contribution in [1.29, 1.82) is 0 Å². The third kappa shape index (κ3) is 3.74. The number of aromatic nitrogens is 1. The maximum absolute atomic E-state index is 12.8. The Morgan fingerprint density at radius 2 is 1.79 bits per heavy atom. The van der Waals surface area contributed by atoms with Gasteiger partial charge in [-0.1, -0.05) is 35.9 Å². The van der Waals surface area contributed by atoms with Gasteiger partial charge in [-0.05, 0) is 44.0 Å². The first-order valence-corrected chi connectivity index (χ1v) is 9.62. The summed E-state index contributed by atoms with van der Waals surface area (Å²) in [6.07, 6.45) is 3.07. The largest absolute Gasteiger partial charge is 0.339 e. The number of nitrogens with one attached hydrogen (secondary N) is 1. The molecule has 2 amide bonds. The fourth-order valence-corrected chi connectivity index (χ4v) is 3.75. The van der Waals surface area contributed by atoms with E-state index in [9.17, 15) is 9.59 Å². The molecule has 3 aromatic rings. The number of nitrogens with zero attached hydrogens (tertiary/aromatic N) is 2. The van der Waals surface area contributed by atoms with E-state index in [1.165, 1.54) is 0 Å². The second kappa shape index (κ2) is 7.80. The summed E-state index contributed by atoms with van der Waals surface area (Å²) in [5, 5.41) is 4.03. The summed E-state index contributed by atoms with van der Waals surface area (Å²) < 4.78 is 0. The van der Waals surface area contributed by atoms with Crippen LogP contribution < -0.4 is 5.32 Å². The van der Waals surface area contributed by atoms with Gasteiger partial charge in [-0.25, -0.2) is 0 Å². The Hall–Kier alpha value is -3.21. The lowest BCUT2D eigenvalue weighted by molar-refractivity contribution is -0.121. The maximum Gasteiger partial charge on any atom is 0.253 e. The molecule has 1 N–H and O–H groups in total. The first kappa shape index (κ1) is 18.2. The van der Waals surface area contributed by atoms with Crippen molar-refractivity contribution in [3.63, 3.8) is 0 Å². The van der Waals surface area contributed by atoms with Gasteiger partial charge >= 0.3 is 0 Å². The SMILES string of the molecule is Cc1cccc(C(=O)N2CCC(C(=O)Nc3cccc4cccnc34)CC2)c1. The average Bonchev–Trinajstić information content (AvgIpc) is 2.73. The van der Waals surface area contributed by atoms with E-state index in [4.69, 9.17) is 0 Å². The quantitative estimate of drug-likeness (QED) is 0.754. The standard InChI is InChI=1S/C23H23N3O2/c1-16-5-2-7-19(15-16)23(28)26-13-10-18(11-14-26)22(27)25-20-9-3-6-17-8-4-12-24-21(17)20/h2-9,12,15,18H,10-11,13-14H2,1H3,(H,25,27). The molecule has 0 bridgehead atoms. The maximum atomic E-state index is 12.8. The van der Waals surface area contributed by atoms with Gasteiger partial charge in [0.25, 0.3) is 5.91 Å². The molecular formula is C23H23N3O2. The van der Waals surface area contributed by atoms with Crippen LogP contribution in [0.2, 0.25) is 0 Å². The zero-order valence-corrected chi connectivity index (χ0v) is 15.9. The molecule has 0 atom stereocenters. The van der Waals surface area contributed by atoms with Gasteiger partial charge in [0.2, 0.25) is 5.91 Å². The summed E-state index contributed by atoms with van der Waals surface area (Å²) in [4.78, 5) is 31.7. The molecular weight excluding hydrogens is 350 g/mol. The number of hydrogen-bond acceptors (Lipinski definition) is 3. The normalized spacial score (nSPS) is 14.8. The van der Waals surface area contributed by atoms with Crippen LogP contribution in [-0.4, -0.2) is 34.8 Å². The summed E-state index contributed by atoms with van der Waals surface area (Å²) in [7, 11) is 0. The van der Waals surface area contributed by atoms with Crippen molar-refractivity contribution in [2.24, 2.45) is 5.92 Å². The molecule has 1 aliphatic heterocycles. The number of carbonyl (C=O) groups is 2. The van der Waals surface area contributed by atoms with Crippen LogP contribution in [0.15, 0.2) is 60.8 Å². The molecule has 2 aromatic carbocycles. The van der Waals surface area contributed by atoms with E-state index in [0.717, 1.165) is 22.2 Å². The van der Waals surface area contributed by atoms with Crippen LogP contribution in [0.5, 0.6) is 0 Å². The molecule has 5 nitrogen and oxygen atoms in total. The van der Waals surface area contributed by atoms with Crippen LogP contribution in [0.25, 0.3) is 10.9 Å². The third-order valence-corrected chi connectivity index (χ3v) is 5.31. The van der Waals surface area contributed by atoms with E-state index in [1.807, 2.05) is 66.4 Å². The minimum atomic E-state index is -0.0967. The highest BCUT2D eigenvalue weighted by molar-refractivity contribution is 6.01. The van der Waals surface area contributed by atoms with Gasteiger partial charge in [-0.15, -0.1) is 0 Å². The van der Waals surface area contributed by atoms with Crippen molar-refractivity contribution < 1.29 is 9.59 Å². The number of benzene rings is 2. The van der Waals surface area contributed by atoms with Gasteiger partial charge in [0.1, 0.15) is 0 Å². The summed E-state index contributed by atoms with van der Waals surface area (Å²) in [5.74, 6) is -0.0536. The zero-order chi connectivity index (χ0) is 19.5. The topological polar surface area (TPSA) is 62.3 Å². The van der Waals surface area contributed by atoms with Gasteiger partial charge in [0.15, 0.2) is 0 Å². The molecule has 0 aliphatic carbocycles. The number of para-hydroxylation sites is 1. The number of anilines is 1. The number of amides is 2. The zero-order valence-electron chi connectivity index (χ0n) is 15.9. The Morgan fingerprint density at radius 1 is 1.04 bits per heavy atom. The molecule has 5 heteroatoms. The lowest BCUT2D eigenvalue weighted by Gasteiger charge is -2.31. The van der Waals surface area contributed by atoms with E-state index >= 15 is 0 Å². The fourth-order valence-electron chi connectivity index (χ4n) is 3.75. The number of hydrogen-bond donors (Lipinski definition) is 1. The van der Waals surface area contributed by atoms with Crippen molar-refractivity contribution in [1.82, 2.24) is 9.88 Å². The molecule has 4 rings (SSSR count). The highest BCUT2D eigenvalue weighted by Crippen LogP contribution is 2.24. The summed E-state index contributed by atoms with van der Waals surface area (Å²) in [6.45, 7) is 3.17. The van der Waals surface area contributed by atoms with Gasteiger partial charge < -0.3 is 10.2 Å². The summed E-state index contributed by atoms with van der Waals surface area (Å²) >= 11 is 0. The molecule has 1 saturated heterocycles. The van der Waals surface area contributed by atoms with Crippen LogP contribution in [-0.2, 0) is 4.79 Å². The Morgan fingerprint density at radius 3 is 2.57 bits per heavy atom. The molecule has 142 valence electrons. The molecule has 28 heavy (non-hydrogen) atoms. The molecule has 0 radical (unpaired) electrons. The molecule has 2 heterocycles. The van der Waals surface area contributed by atoms with Crippen molar-refractivity contribution >= 4 is 28.4 Å². The van der Waals surface area contributed by atoms with Gasteiger partial charge in [0, 0.05) is 36.2 Å². The van der Waals surface area contributed by atoms with E-state index in [1.54, 1.807) is 6.20 Å². The predicted octanol–water partition coefficient (Wildman–Crippen LogP) is 4.03. The first-order valence-electron chi connectivity index (χ1n) is 9.62. The molecule has 0 spiro atoms. The van der Waals surface area contributed by atoms with Crippen molar-refractivity contribution in [3.05, 3.63) is 71.9 Å². The van der Waals surface area contributed by atoms with Crippen LogP contribution in [0.1, 0.15) is 28.8 Å². The number of aryl methyl sites for hydroxylation is 1. The number of carbonyl (C=O) groups excluding carboxylic acids is 2. The number of pyridine rings is 1. The Kier molecular flexibility index (Phi) is 5.06. The van der Waals surface area contributed by atoms with Crippen LogP contribution in [0, 0.1) is 12.8 Å². The second-order valence-corrected chi connectivity index (χ2v) is 7.31. The lowest BCUT2D eigenvalue weighted by Crippen LogP contribution is -2.41. The Balaban J connectivity index is 1.39. The van der Waals surface area contributed by atoms with Gasteiger partial charge in [0.05, 0.1) is 11.2 Å². The summed E-state index contributed by atoms with van der Waals surface area (Å²) in [6, 6.07) is 17.3. The monoisotopic (exact) mass is 373 g/mol. The van der Waals surface area contributed by atoms with Crippen LogP contribution in [0.3, 0.4) is 0 Å². The average molecular weight is 373 g/mol. The number of rotatable bonds is 3. The van der Waals surface area contributed by atoms with Crippen LogP contribution >= 0.6 is 0 Å². The summed E-state index contributed by atoms with van der Waals surface area (Å²) in [5.41, 5.74) is 3.32. The second-order valence-electron chi connectivity index (χ2n) is 7.31. The Labute approximate surface area is 164 Å². The van der Waals surface area contributed by atoms with Crippen molar-refractivity contribution in [2.75, 3.05) is 18.4 Å². The van der Waals surface area contributed by atoms with Crippen molar-refractivity contribution in [2.45, 2.75) is 19.8 Å². The molecule has 0 saturated carbocycles. The highest BCUT2D eigenvalue weighted by Gasteiger charge is 2.28. The molecule has 1 aliphatic rings. The van der Waals surface area contributed by atoms with Crippen LogP contribution in [0.4, 0.5) is 5.69 Å². The molecule has 0 unspecified atom stereocenters. The van der Waals surface area contributed by atoms with Gasteiger partial charge in [-0.2, -0.15) is 0 Å². The minimum absolute atomic E-state index is 0.000748. The number of fused-ring (bicyclic) bond motifs is 1. The fraction of sp³-hybridized carbons (Fsp3) is 0.261. The predicted molar refractivity (Wildman–Crippen MR) is 110 cm³/mol. The number of piperidine rings is 1. The Bertz CT molecular complexity index is 1020. The molecule has 1 fully saturated rings. The first-order chi connectivity index (χ1) is 13.6. The van der Waals surface area contributed by atoms with E-state index in [0.29, 0.717) is 31.5 Å². The minimum Gasteiger partial charge on any atom is -0.339 e. The van der Waals surface area contributed by atoms with Gasteiger partial charge in [-0.3, -0.25) is 14.6 Å². The third-order valence-electron chi connectivity index (χ3n) is 5.31. The smallest absolute Gasteiger partial charge is 0.253 e. The highest BCUT2D eigenvalue weighted by atomic mass is 16.2.